The van der Waals surface area contributed by atoms with Crippen LogP contribution in [-0.4, -0.2) is 13.2 Å². The van der Waals surface area contributed by atoms with Crippen LogP contribution in [0.5, 0.6) is 5.75 Å². The predicted molar refractivity (Wildman–Crippen MR) is 54.5 cm³/mol. The summed E-state index contributed by atoms with van der Waals surface area (Å²) in [5.41, 5.74) is 1.05. The highest BCUT2D eigenvalue weighted by Gasteiger charge is 2.18. The molecule has 0 saturated carbocycles. The van der Waals surface area contributed by atoms with Crippen molar-refractivity contribution < 1.29 is 18.3 Å². The smallest absolute Gasteiger partial charge is 0.267 e. The molecule has 0 N–H and O–H groups in total. The molecule has 0 amide bonds. The van der Waals surface area contributed by atoms with E-state index in [-0.39, 0.29) is 17.9 Å². The van der Waals surface area contributed by atoms with E-state index in [0.29, 0.717) is 5.56 Å². The Balaban J connectivity index is 3.31. The first-order valence-corrected chi connectivity index (χ1v) is 4.60. The zero-order valence-corrected chi connectivity index (χ0v) is 8.96. The van der Waals surface area contributed by atoms with E-state index < -0.39 is 6.43 Å². The van der Waals surface area contributed by atoms with E-state index in [1.165, 1.54) is 19.3 Å². The van der Waals surface area contributed by atoms with Gasteiger partial charge in [0.25, 0.3) is 6.43 Å². The average Bonchev–Trinajstić information content (AvgIpc) is 2.26. The molecular weight excluding hydrogens is 216 g/mol. The molecule has 1 aromatic rings. The number of hydrogen-bond donors (Lipinski definition) is 0. The minimum Gasteiger partial charge on any atom is -0.496 e. The lowest BCUT2D eigenvalue weighted by molar-refractivity contribution is 0.147. The third-order valence-electron chi connectivity index (χ3n) is 2.27. The van der Waals surface area contributed by atoms with Crippen LogP contribution in [-0.2, 0) is 11.3 Å². The summed E-state index contributed by atoms with van der Waals surface area (Å²) in [5.74, 6) is 0.0917. The largest absolute Gasteiger partial charge is 0.496 e. The Hall–Kier alpha value is -1.74. The summed E-state index contributed by atoms with van der Waals surface area (Å²) in [6.07, 6.45) is -1.24. The molecule has 0 bridgehead atoms. The van der Waals surface area contributed by atoms with Crippen molar-refractivity contribution in [1.82, 2.24) is 0 Å². The maximum atomic E-state index is 12.7. The molecule has 0 radical (unpaired) electrons. The number of carbonyl (C=O) groups excluding carboxylic acids is 1. The van der Waals surface area contributed by atoms with Crippen LogP contribution in [0.3, 0.4) is 0 Å². The Bertz CT molecular complexity index is 426. The molecule has 5 heteroatoms. The second kappa shape index (κ2) is 5.37. The molecule has 0 fully saturated rings. The number of benzene rings is 1. The summed E-state index contributed by atoms with van der Waals surface area (Å²) in [4.78, 5) is 13.4. The molecule has 0 aliphatic heterocycles. The summed E-state index contributed by atoms with van der Waals surface area (Å²) in [7, 11) is 1.31. The number of methoxy groups -OCH3 is 1. The van der Waals surface area contributed by atoms with E-state index in [0.717, 1.165) is 5.56 Å². The molecule has 0 heterocycles. The van der Waals surface area contributed by atoms with Crippen molar-refractivity contribution in [1.29, 1.82) is 0 Å². The second-order valence-corrected chi connectivity index (χ2v) is 3.19. The van der Waals surface area contributed by atoms with E-state index in [9.17, 15) is 13.6 Å². The number of isocyanates is 1. The summed E-state index contributed by atoms with van der Waals surface area (Å²) >= 11 is 0. The maximum absolute atomic E-state index is 12.7. The number of aryl methyl sites for hydroxylation is 1. The molecule has 0 saturated heterocycles. The lowest BCUT2D eigenvalue weighted by Crippen LogP contribution is -2.00. The standard InChI is InChI=1S/C11H11F2NO2/c1-7-3-4-8(11(12)13)10(16-2)9(7)5-14-6-15/h3-4,11H,5H2,1-2H3. The highest BCUT2D eigenvalue weighted by Crippen LogP contribution is 2.34. The van der Waals surface area contributed by atoms with Crippen molar-refractivity contribution in [3.63, 3.8) is 0 Å². The van der Waals surface area contributed by atoms with Gasteiger partial charge in [-0.2, -0.15) is 0 Å². The fraction of sp³-hybridized carbons (Fsp3) is 0.364. The van der Waals surface area contributed by atoms with Crippen molar-refractivity contribution in [3.05, 3.63) is 28.8 Å². The van der Waals surface area contributed by atoms with Gasteiger partial charge in [-0.05, 0) is 18.6 Å². The van der Waals surface area contributed by atoms with Gasteiger partial charge in [0.05, 0.1) is 19.2 Å². The SMILES string of the molecule is COc1c(C(F)F)ccc(C)c1CN=C=O. The molecule has 0 aliphatic rings. The fourth-order valence-electron chi connectivity index (χ4n) is 1.47. The third-order valence-corrected chi connectivity index (χ3v) is 2.27. The summed E-state index contributed by atoms with van der Waals surface area (Å²) in [6, 6.07) is 2.87. The second-order valence-electron chi connectivity index (χ2n) is 3.19. The van der Waals surface area contributed by atoms with Crippen LogP contribution in [0.4, 0.5) is 8.78 Å². The van der Waals surface area contributed by atoms with Gasteiger partial charge in [-0.25, -0.2) is 18.6 Å². The fourth-order valence-corrected chi connectivity index (χ4v) is 1.47. The molecule has 1 aromatic carbocycles. The quantitative estimate of drug-likeness (QED) is 0.586. The van der Waals surface area contributed by atoms with Crippen molar-refractivity contribution in [3.8, 4) is 5.75 Å². The molecule has 0 aromatic heterocycles. The van der Waals surface area contributed by atoms with Crippen molar-refractivity contribution >= 4 is 6.08 Å². The van der Waals surface area contributed by atoms with Crippen LogP contribution in [0.25, 0.3) is 0 Å². The van der Waals surface area contributed by atoms with Crippen LogP contribution in [0, 0.1) is 6.92 Å². The molecule has 3 nitrogen and oxygen atoms in total. The van der Waals surface area contributed by atoms with Crippen LogP contribution < -0.4 is 4.74 Å². The number of halogens is 2. The lowest BCUT2D eigenvalue weighted by atomic mass is 10.0. The minimum absolute atomic E-state index is 0.000926. The van der Waals surface area contributed by atoms with E-state index in [2.05, 4.69) is 4.99 Å². The molecule has 0 unspecified atom stereocenters. The number of alkyl halides is 2. The number of nitrogens with zero attached hydrogens (tertiary/aromatic N) is 1. The molecule has 0 aliphatic carbocycles. The molecular formula is C11H11F2NO2. The predicted octanol–water partition coefficient (Wildman–Crippen LogP) is 2.78. The zero-order valence-electron chi connectivity index (χ0n) is 8.96. The molecule has 0 atom stereocenters. The molecule has 1 rings (SSSR count). The van der Waals surface area contributed by atoms with Crippen LogP contribution >= 0.6 is 0 Å². The minimum atomic E-state index is -2.62. The van der Waals surface area contributed by atoms with Gasteiger partial charge in [-0.1, -0.05) is 6.07 Å². The van der Waals surface area contributed by atoms with Gasteiger partial charge in [0.1, 0.15) is 5.75 Å². The number of rotatable bonds is 4. The van der Waals surface area contributed by atoms with Gasteiger partial charge in [-0.15, -0.1) is 0 Å². The summed E-state index contributed by atoms with van der Waals surface area (Å²) in [6.45, 7) is 1.74. The Morgan fingerprint density at radius 3 is 2.69 bits per heavy atom. The number of aliphatic imine (C=N–C) groups is 1. The summed E-state index contributed by atoms with van der Waals surface area (Å²) < 4.78 is 30.3. The van der Waals surface area contributed by atoms with Gasteiger partial charge in [0, 0.05) is 5.56 Å². The van der Waals surface area contributed by atoms with Crippen molar-refractivity contribution in [2.45, 2.75) is 19.9 Å². The van der Waals surface area contributed by atoms with E-state index in [1.54, 1.807) is 13.0 Å². The average molecular weight is 227 g/mol. The van der Waals surface area contributed by atoms with Gasteiger partial charge in [0.15, 0.2) is 0 Å². The van der Waals surface area contributed by atoms with Crippen molar-refractivity contribution in [2.75, 3.05) is 7.11 Å². The Labute approximate surface area is 91.8 Å². The maximum Gasteiger partial charge on any atom is 0.267 e. The highest BCUT2D eigenvalue weighted by atomic mass is 19.3. The van der Waals surface area contributed by atoms with Crippen LogP contribution in [0.2, 0.25) is 0 Å². The normalized spacial score (nSPS) is 10.1. The first-order valence-electron chi connectivity index (χ1n) is 4.60. The van der Waals surface area contributed by atoms with E-state index in [4.69, 9.17) is 4.74 Å². The first kappa shape index (κ1) is 12.3. The van der Waals surface area contributed by atoms with Crippen molar-refractivity contribution in [2.24, 2.45) is 4.99 Å². The monoisotopic (exact) mass is 227 g/mol. The summed E-state index contributed by atoms with van der Waals surface area (Å²) in [5, 5.41) is 0. The van der Waals surface area contributed by atoms with E-state index in [1.807, 2.05) is 0 Å². The first-order chi connectivity index (χ1) is 7.61. The molecule has 86 valence electrons. The molecule has 0 spiro atoms. The van der Waals surface area contributed by atoms with E-state index >= 15 is 0 Å². The number of ether oxygens (including phenoxy) is 1. The lowest BCUT2D eigenvalue weighted by Gasteiger charge is -2.13. The zero-order chi connectivity index (χ0) is 12.1. The Morgan fingerprint density at radius 1 is 1.50 bits per heavy atom. The van der Waals surface area contributed by atoms with Gasteiger partial charge >= 0.3 is 0 Å². The highest BCUT2D eigenvalue weighted by molar-refractivity contribution is 5.47. The Morgan fingerprint density at radius 2 is 2.19 bits per heavy atom. The van der Waals surface area contributed by atoms with Crippen LogP contribution in [0.1, 0.15) is 23.1 Å². The Kier molecular flexibility index (Phi) is 4.14. The molecule has 16 heavy (non-hydrogen) atoms. The van der Waals surface area contributed by atoms with Gasteiger partial charge < -0.3 is 4.74 Å². The number of hydrogen-bond acceptors (Lipinski definition) is 3. The van der Waals surface area contributed by atoms with Crippen LogP contribution in [0.15, 0.2) is 17.1 Å². The topological polar surface area (TPSA) is 38.7 Å². The van der Waals surface area contributed by atoms with Gasteiger partial charge in [0.2, 0.25) is 6.08 Å². The third kappa shape index (κ3) is 2.44. The van der Waals surface area contributed by atoms with Gasteiger partial charge in [-0.3, -0.25) is 0 Å².